The molecule has 2 rings (SSSR count). The predicted octanol–water partition coefficient (Wildman–Crippen LogP) is 1.09. The maximum absolute atomic E-state index is 10.0. The van der Waals surface area contributed by atoms with Crippen LogP contribution in [-0.4, -0.2) is 31.6 Å². The van der Waals surface area contributed by atoms with E-state index in [4.69, 9.17) is 0 Å². The van der Waals surface area contributed by atoms with Crippen LogP contribution >= 0.6 is 0 Å². The van der Waals surface area contributed by atoms with Crippen molar-refractivity contribution in [2.75, 3.05) is 26.7 Å². The molecule has 1 aliphatic heterocycles. The van der Waals surface area contributed by atoms with Gasteiger partial charge in [-0.3, -0.25) is 0 Å². The molecule has 1 aliphatic carbocycles. The Bertz CT molecular complexity index is 183. The summed E-state index contributed by atoms with van der Waals surface area (Å²) in [5.74, 6) is 0.616. The molecule has 3 nitrogen and oxygen atoms in total. The summed E-state index contributed by atoms with van der Waals surface area (Å²) in [7, 11) is 2.15. The zero-order chi connectivity index (χ0) is 7.90. The van der Waals surface area contributed by atoms with Crippen molar-refractivity contribution < 1.29 is 0 Å². The summed E-state index contributed by atoms with van der Waals surface area (Å²) in [5, 5.41) is 2.97. The zero-order valence-electron chi connectivity index (χ0n) is 6.92. The smallest absolute Gasteiger partial charge is 0.0845 e. The van der Waals surface area contributed by atoms with Crippen LogP contribution < -0.4 is 0 Å². The van der Waals surface area contributed by atoms with Gasteiger partial charge < -0.3 is 4.90 Å². The molecule has 0 aromatic rings. The van der Waals surface area contributed by atoms with Crippen LogP contribution in [0.5, 0.6) is 0 Å². The van der Waals surface area contributed by atoms with Crippen LogP contribution in [0.4, 0.5) is 0 Å². The van der Waals surface area contributed by atoms with E-state index in [0.717, 1.165) is 0 Å². The largest absolute Gasteiger partial charge is 0.306 e. The number of hydrogen-bond donors (Lipinski definition) is 0. The van der Waals surface area contributed by atoms with Gasteiger partial charge in [-0.15, -0.1) is 0 Å². The van der Waals surface area contributed by atoms with E-state index in [1.807, 2.05) is 0 Å². The van der Waals surface area contributed by atoms with E-state index in [2.05, 4.69) is 17.1 Å². The number of hydrogen-bond acceptors (Lipinski definition) is 3. The summed E-state index contributed by atoms with van der Waals surface area (Å²) >= 11 is 0. The van der Waals surface area contributed by atoms with Crippen molar-refractivity contribution in [3.8, 4) is 0 Å². The van der Waals surface area contributed by atoms with Gasteiger partial charge in [-0.25, -0.2) is 0 Å². The summed E-state index contributed by atoms with van der Waals surface area (Å²) in [5.41, 5.74) is 0.517. The van der Waals surface area contributed by atoms with E-state index >= 15 is 0 Å². The minimum absolute atomic E-state index is 0.517. The van der Waals surface area contributed by atoms with E-state index in [0.29, 0.717) is 17.9 Å². The second-order valence-corrected chi connectivity index (χ2v) is 4.06. The normalized spacial score (nSPS) is 43.2. The van der Waals surface area contributed by atoms with Crippen molar-refractivity contribution in [3.05, 3.63) is 4.91 Å². The Morgan fingerprint density at radius 2 is 2.55 bits per heavy atom. The number of likely N-dealkylation sites (tertiary alicyclic amines) is 1. The van der Waals surface area contributed by atoms with Gasteiger partial charge in [0.15, 0.2) is 0 Å². The van der Waals surface area contributed by atoms with Gasteiger partial charge in [0, 0.05) is 6.54 Å². The lowest BCUT2D eigenvalue weighted by molar-refractivity contribution is 0.377. The van der Waals surface area contributed by atoms with E-state index in [1.165, 1.54) is 25.9 Å². The first-order valence-electron chi connectivity index (χ1n) is 4.24. The van der Waals surface area contributed by atoms with E-state index in [9.17, 15) is 4.91 Å². The average molecular weight is 154 g/mol. The van der Waals surface area contributed by atoms with Crippen molar-refractivity contribution in [1.29, 1.82) is 0 Å². The maximum atomic E-state index is 10.0. The Morgan fingerprint density at radius 1 is 1.73 bits per heavy atom. The first-order chi connectivity index (χ1) is 5.27. The molecule has 0 bridgehead atoms. The van der Waals surface area contributed by atoms with E-state index < -0.39 is 0 Å². The fourth-order valence-corrected chi connectivity index (χ4v) is 2.39. The molecule has 2 unspecified atom stereocenters. The molecule has 2 aliphatic rings. The Balaban J connectivity index is 1.91. The Hall–Kier alpha value is -0.440. The molecule has 1 spiro atoms. The lowest BCUT2D eigenvalue weighted by atomic mass is 10.0. The minimum Gasteiger partial charge on any atom is -0.306 e. The Kier molecular flexibility index (Phi) is 1.49. The van der Waals surface area contributed by atoms with Crippen LogP contribution in [-0.2, 0) is 0 Å². The molecule has 0 amide bonds. The number of rotatable bonds is 2. The number of nitroso groups, excluding NO2 is 1. The van der Waals surface area contributed by atoms with Gasteiger partial charge in [0.2, 0.25) is 0 Å². The highest BCUT2D eigenvalue weighted by molar-refractivity contribution is 5.07. The maximum Gasteiger partial charge on any atom is 0.0845 e. The molecule has 2 fully saturated rings. The molecular formula is C8H14N2O. The van der Waals surface area contributed by atoms with Crippen molar-refractivity contribution in [1.82, 2.24) is 4.90 Å². The molecule has 1 saturated carbocycles. The highest BCUT2D eigenvalue weighted by Crippen LogP contribution is 2.58. The van der Waals surface area contributed by atoms with Crippen molar-refractivity contribution in [3.63, 3.8) is 0 Å². The van der Waals surface area contributed by atoms with Crippen LogP contribution in [0.15, 0.2) is 5.18 Å². The van der Waals surface area contributed by atoms with Gasteiger partial charge in [-0.1, -0.05) is 5.18 Å². The second-order valence-electron chi connectivity index (χ2n) is 4.06. The fraction of sp³-hybridized carbons (Fsp3) is 1.00. The van der Waals surface area contributed by atoms with Gasteiger partial charge in [-0.05, 0) is 37.8 Å². The molecule has 1 saturated heterocycles. The minimum atomic E-state index is 0.517. The lowest BCUT2D eigenvalue weighted by Gasteiger charge is -2.07. The Labute approximate surface area is 66.7 Å². The monoisotopic (exact) mass is 154 g/mol. The molecule has 3 heteroatoms. The van der Waals surface area contributed by atoms with Crippen LogP contribution in [0, 0.1) is 16.2 Å². The summed E-state index contributed by atoms with van der Waals surface area (Å²) in [6.07, 6.45) is 2.52. The quantitative estimate of drug-likeness (QED) is 0.558. The molecule has 0 aromatic carbocycles. The molecule has 0 aromatic heterocycles. The SMILES string of the molecule is CN1CCC2(CC2CN=O)C1. The van der Waals surface area contributed by atoms with Gasteiger partial charge in [-0.2, -0.15) is 4.91 Å². The first kappa shape index (κ1) is 7.22. The Morgan fingerprint density at radius 3 is 3.09 bits per heavy atom. The zero-order valence-corrected chi connectivity index (χ0v) is 6.92. The average Bonchev–Trinajstić information content (AvgIpc) is 2.46. The summed E-state index contributed by atoms with van der Waals surface area (Å²) in [6, 6.07) is 0. The van der Waals surface area contributed by atoms with E-state index in [1.54, 1.807) is 0 Å². The van der Waals surface area contributed by atoms with Crippen LogP contribution in [0.3, 0.4) is 0 Å². The first-order valence-corrected chi connectivity index (χ1v) is 4.24. The summed E-state index contributed by atoms with van der Waals surface area (Å²) < 4.78 is 0. The predicted molar refractivity (Wildman–Crippen MR) is 43.3 cm³/mol. The fourth-order valence-electron chi connectivity index (χ4n) is 2.39. The standard InChI is InChI=1S/C8H14N2O/c1-10-3-2-8(6-10)4-7(8)5-9-11/h7H,2-6H2,1H3. The molecular weight excluding hydrogens is 140 g/mol. The molecule has 2 atom stereocenters. The molecule has 0 N–H and O–H groups in total. The highest BCUT2D eigenvalue weighted by Gasteiger charge is 2.56. The third-order valence-electron chi connectivity index (χ3n) is 3.23. The van der Waals surface area contributed by atoms with Crippen LogP contribution in [0.1, 0.15) is 12.8 Å². The van der Waals surface area contributed by atoms with Crippen molar-refractivity contribution in [2.45, 2.75) is 12.8 Å². The lowest BCUT2D eigenvalue weighted by Crippen LogP contribution is -2.15. The summed E-state index contributed by atoms with van der Waals surface area (Å²) in [6.45, 7) is 2.94. The molecule has 62 valence electrons. The van der Waals surface area contributed by atoms with Crippen LogP contribution in [0.2, 0.25) is 0 Å². The third kappa shape index (κ3) is 1.07. The van der Waals surface area contributed by atoms with Gasteiger partial charge in [0.25, 0.3) is 0 Å². The molecule has 11 heavy (non-hydrogen) atoms. The third-order valence-corrected chi connectivity index (χ3v) is 3.23. The van der Waals surface area contributed by atoms with Gasteiger partial charge >= 0.3 is 0 Å². The van der Waals surface area contributed by atoms with Gasteiger partial charge in [0.1, 0.15) is 0 Å². The van der Waals surface area contributed by atoms with Crippen molar-refractivity contribution >= 4 is 0 Å². The second kappa shape index (κ2) is 2.27. The highest BCUT2D eigenvalue weighted by atomic mass is 16.3. The molecule has 1 heterocycles. The molecule has 0 radical (unpaired) electrons. The van der Waals surface area contributed by atoms with Gasteiger partial charge in [0.05, 0.1) is 6.54 Å². The van der Waals surface area contributed by atoms with Crippen LogP contribution in [0.25, 0.3) is 0 Å². The van der Waals surface area contributed by atoms with Crippen molar-refractivity contribution in [2.24, 2.45) is 16.5 Å². The summed E-state index contributed by atoms with van der Waals surface area (Å²) in [4.78, 5) is 12.4. The number of nitrogens with zero attached hydrogens (tertiary/aromatic N) is 2. The topological polar surface area (TPSA) is 32.7 Å². The van der Waals surface area contributed by atoms with E-state index in [-0.39, 0.29) is 0 Å².